The van der Waals surface area contributed by atoms with Gasteiger partial charge in [-0.05, 0) is 12.1 Å². The Bertz CT molecular complexity index is 567. The normalized spacial score (nSPS) is 10.1. The van der Waals surface area contributed by atoms with Crippen LogP contribution in [0.4, 0.5) is 0 Å². The van der Waals surface area contributed by atoms with Gasteiger partial charge in [-0.15, -0.1) is 0 Å². The number of pyridine rings is 1. The first-order valence-electron chi connectivity index (χ1n) is 5.37. The lowest BCUT2D eigenvalue weighted by Gasteiger charge is -2.08. The van der Waals surface area contributed by atoms with E-state index in [4.69, 9.17) is 9.47 Å². The van der Waals surface area contributed by atoms with Crippen LogP contribution in [0.1, 0.15) is 13.8 Å². The molecular weight excluding hydrogens is 234 g/mol. The zero-order valence-corrected chi connectivity index (χ0v) is 10.0. The maximum Gasteiger partial charge on any atom is 0.308 e. The van der Waals surface area contributed by atoms with Crippen LogP contribution in [0, 0.1) is 0 Å². The van der Waals surface area contributed by atoms with Crippen LogP contribution in [0.3, 0.4) is 0 Å². The molecule has 2 aromatic rings. The van der Waals surface area contributed by atoms with Crippen molar-refractivity contribution in [2.45, 2.75) is 13.8 Å². The number of aromatic amines is 1. The van der Waals surface area contributed by atoms with Gasteiger partial charge in [0, 0.05) is 19.9 Å². The Morgan fingerprint density at radius 3 is 2.28 bits per heavy atom. The molecule has 0 aliphatic rings. The number of rotatable bonds is 2. The maximum absolute atomic E-state index is 11.0. The summed E-state index contributed by atoms with van der Waals surface area (Å²) in [7, 11) is 0. The van der Waals surface area contributed by atoms with Gasteiger partial charge in [0.25, 0.3) is 0 Å². The van der Waals surface area contributed by atoms with Crippen molar-refractivity contribution in [2.24, 2.45) is 0 Å². The lowest BCUT2D eigenvalue weighted by atomic mass is 10.2. The topological polar surface area (TPSA) is 66.7 Å². The first kappa shape index (κ1) is 12.0. The van der Waals surface area contributed by atoms with Crippen molar-refractivity contribution in [3.05, 3.63) is 30.5 Å². The van der Waals surface area contributed by atoms with Crippen LogP contribution in [0.15, 0.2) is 30.5 Å². The first-order chi connectivity index (χ1) is 8.56. The molecule has 5 heteroatoms. The van der Waals surface area contributed by atoms with E-state index >= 15 is 0 Å². The van der Waals surface area contributed by atoms with E-state index in [1.54, 1.807) is 18.3 Å². The molecule has 5 nitrogen and oxygen atoms in total. The highest BCUT2D eigenvalue weighted by Crippen LogP contribution is 2.31. The molecule has 0 bridgehead atoms. The van der Waals surface area contributed by atoms with Gasteiger partial charge in [-0.25, -0.2) is 4.98 Å². The third-order valence-electron chi connectivity index (χ3n) is 2.23. The molecule has 0 radical (unpaired) electrons. The van der Waals surface area contributed by atoms with E-state index in [1.807, 2.05) is 12.1 Å². The van der Waals surface area contributed by atoms with Gasteiger partial charge in [-0.2, -0.15) is 0 Å². The minimum atomic E-state index is -0.473. The van der Waals surface area contributed by atoms with Gasteiger partial charge >= 0.3 is 11.9 Å². The van der Waals surface area contributed by atoms with Crippen molar-refractivity contribution in [3.63, 3.8) is 0 Å². The number of benzene rings is 1. The highest BCUT2D eigenvalue weighted by atomic mass is 16.6. The Morgan fingerprint density at radius 1 is 1.06 bits per heavy atom. The predicted molar refractivity (Wildman–Crippen MR) is 63.1 cm³/mol. The van der Waals surface area contributed by atoms with Gasteiger partial charge in [0.2, 0.25) is 5.52 Å². The smallest absolute Gasteiger partial charge is 0.308 e. The number of carbonyl (C=O) groups excluding carboxylic acids is 2. The van der Waals surface area contributed by atoms with E-state index in [9.17, 15) is 9.59 Å². The zero-order chi connectivity index (χ0) is 13.1. The summed E-state index contributed by atoms with van der Waals surface area (Å²) in [5.74, 6) is -0.501. The Hall–Kier alpha value is -2.43. The Morgan fingerprint density at radius 2 is 1.67 bits per heavy atom. The minimum absolute atomic E-state index is 0.215. The molecule has 1 heterocycles. The molecule has 18 heavy (non-hydrogen) atoms. The number of hydrogen-bond acceptors (Lipinski definition) is 4. The van der Waals surface area contributed by atoms with E-state index in [0.717, 1.165) is 10.9 Å². The highest BCUT2D eigenvalue weighted by Gasteiger charge is 2.14. The number of aromatic nitrogens is 1. The quantitative estimate of drug-likeness (QED) is 0.595. The summed E-state index contributed by atoms with van der Waals surface area (Å²) < 4.78 is 10.0. The predicted octanol–water partition coefficient (Wildman–Crippen LogP) is 1.50. The molecular formula is C13H12NO4+. The number of hydrogen-bond donors (Lipinski definition) is 0. The van der Waals surface area contributed by atoms with Crippen molar-refractivity contribution in [1.29, 1.82) is 0 Å². The summed E-state index contributed by atoms with van der Waals surface area (Å²) >= 11 is 0. The molecule has 0 fully saturated rings. The molecule has 92 valence electrons. The highest BCUT2D eigenvalue weighted by molar-refractivity contribution is 5.83. The summed E-state index contributed by atoms with van der Waals surface area (Å²) in [4.78, 5) is 25.0. The monoisotopic (exact) mass is 246 g/mol. The molecule has 0 aliphatic heterocycles. The van der Waals surface area contributed by atoms with Crippen LogP contribution >= 0.6 is 0 Å². The van der Waals surface area contributed by atoms with E-state index in [0.29, 0.717) is 0 Å². The largest absolute Gasteiger partial charge is 0.423 e. The van der Waals surface area contributed by atoms with Crippen molar-refractivity contribution in [3.8, 4) is 11.5 Å². The Labute approximate surface area is 103 Å². The zero-order valence-electron chi connectivity index (χ0n) is 10.0. The SMILES string of the molecule is CC(=O)Oc1cc2ccc[nH+]c2cc1OC(C)=O. The van der Waals surface area contributed by atoms with Crippen molar-refractivity contribution >= 4 is 22.8 Å². The third-order valence-corrected chi connectivity index (χ3v) is 2.23. The molecule has 0 spiro atoms. The molecule has 0 aliphatic carbocycles. The summed E-state index contributed by atoms with van der Waals surface area (Å²) in [5, 5.41) is 0.852. The number of carbonyl (C=O) groups is 2. The fraction of sp³-hybridized carbons (Fsp3) is 0.154. The average molecular weight is 246 g/mol. The van der Waals surface area contributed by atoms with E-state index in [1.165, 1.54) is 13.8 Å². The van der Waals surface area contributed by atoms with Gasteiger partial charge in [0.1, 0.15) is 0 Å². The fourth-order valence-corrected chi connectivity index (χ4v) is 1.60. The standard InChI is InChI=1S/C13H11NO4/c1-8(15)17-12-6-10-4-3-5-14-11(10)7-13(12)18-9(2)16/h3-7H,1-2H3/p+1. The minimum Gasteiger partial charge on any atom is -0.423 e. The first-order valence-corrected chi connectivity index (χ1v) is 5.37. The van der Waals surface area contributed by atoms with E-state index in [-0.39, 0.29) is 11.5 Å². The maximum atomic E-state index is 11.0. The van der Waals surface area contributed by atoms with Crippen LogP contribution < -0.4 is 14.5 Å². The van der Waals surface area contributed by atoms with Crippen molar-refractivity contribution < 1.29 is 24.0 Å². The second kappa shape index (κ2) is 4.83. The van der Waals surface area contributed by atoms with Crippen molar-refractivity contribution in [1.82, 2.24) is 0 Å². The van der Waals surface area contributed by atoms with Gasteiger partial charge in [-0.3, -0.25) is 9.59 Å². The molecule has 1 aromatic carbocycles. The van der Waals surface area contributed by atoms with Crippen LogP contribution in [-0.2, 0) is 9.59 Å². The van der Waals surface area contributed by atoms with Crippen LogP contribution in [-0.4, -0.2) is 11.9 Å². The van der Waals surface area contributed by atoms with Gasteiger partial charge in [0.05, 0.1) is 11.5 Å². The number of H-pyrrole nitrogens is 1. The third kappa shape index (κ3) is 2.63. The molecule has 0 saturated heterocycles. The number of nitrogens with one attached hydrogen (secondary N) is 1. The van der Waals surface area contributed by atoms with Gasteiger partial charge < -0.3 is 9.47 Å². The summed E-state index contributed by atoms with van der Waals surface area (Å²) in [5.41, 5.74) is 0.782. The summed E-state index contributed by atoms with van der Waals surface area (Å²) in [6.45, 7) is 2.58. The Balaban J connectivity index is 2.55. The van der Waals surface area contributed by atoms with Gasteiger partial charge in [0.15, 0.2) is 17.7 Å². The molecule has 0 unspecified atom stereocenters. The molecule has 0 saturated carbocycles. The summed E-state index contributed by atoms with van der Waals surface area (Å²) in [6.07, 6.45) is 1.76. The second-order valence-corrected chi connectivity index (χ2v) is 3.74. The van der Waals surface area contributed by atoms with Crippen LogP contribution in [0.25, 0.3) is 10.9 Å². The molecule has 0 atom stereocenters. The van der Waals surface area contributed by atoms with E-state index < -0.39 is 11.9 Å². The molecule has 0 amide bonds. The lowest BCUT2D eigenvalue weighted by Crippen LogP contribution is -2.09. The van der Waals surface area contributed by atoms with Crippen molar-refractivity contribution in [2.75, 3.05) is 0 Å². The molecule has 2 rings (SSSR count). The molecule has 1 N–H and O–H groups in total. The van der Waals surface area contributed by atoms with Crippen LogP contribution in [0.2, 0.25) is 0 Å². The Kier molecular flexibility index (Phi) is 3.23. The second-order valence-electron chi connectivity index (χ2n) is 3.74. The van der Waals surface area contributed by atoms with Gasteiger partial charge in [-0.1, -0.05) is 0 Å². The lowest BCUT2D eigenvalue weighted by molar-refractivity contribution is -0.344. The van der Waals surface area contributed by atoms with E-state index in [2.05, 4.69) is 4.98 Å². The fourth-order valence-electron chi connectivity index (χ4n) is 1.60. The number of fused-ring (bicyclic) bond motifs is 1. The number of esters is 2. The molecule has 1 aromatic heterocycles. The summed E-state index contributed by atoms with van der Waals surface area (Å²) in [6, 6.07) is 6.95. The number of ether oxygens (including phenoxy) is 2. The van der Waals surface area contributed by atoms with Crippen LogP contribution in [0.5, 0.6) is 11.5 Å². The average Bonchev–Trinajstić information content (AvgIpc) is 2.28.